The SMILES string of the molecule is O=C(NCc1ccccc1CN1CCOCC1)C(Sc1ccccc1)c1ccccc1. The quantitative estimate of drug-likeness (QED) is 0.525. The summed E-state index contributed by atoms with van der Waals surface area (Å²) in [7, 11) is 0. The first-order valence-corrected chi connectivity index (χ1v) is 11.6. The predicted molar refractivity (Wildman–Crippen MR) is 126 cm³/mol. The van der Waals surface area contributed by atoms with Crippen LogP contribution in [-0.4, -0.2) is 37.1 Å². The van der Waals surface area contributed by atoms with E-state index in [0.29, 0.717) is 6.54 Å². The Balaban J connectivity index is 1.45. The summed E-state index contributed by atoms with van der Waals surface area (Å²) in [6.07, 6.45) is 0. The Bertz CT molecular complexity index is 959. The second-order valence-corrected chi connectivity index (χ2v) is 8.78. The van der Waals surface area contributed by atoms with Crippen molar-refractivity contribution in [3.8, 4) is 0 Å². The van der Waals surface area contributed by atoms with Crippen LogP contribution in [0.15, 0.2) is 89.8 Å². The molecule has 0 bridgehead atoms. The molecule has 0 saturated carbocycles. The lowest BCUT2D eigenvalue weighted by Crippen LogP contribution is -2.36. The molecule has 160 valence electrons. The van der Waals surface area contributed by atoms with E-state index in [1.165, 1.54) is 11.1 Å². The lowest BCUT2D eigenvalue weighted by molar-refractivity contribution is -0.120. The minimum absolute atomic E-state index is 0.0289. The third-order valence-electron chi connectivity index (χ3n) is 5.41. The largest absolute Gasteiger partial charge is 0.379 e. The molecular formula is C26H28N2O2S. The van der Waals surface area contributed by atoms with Crippen molar-refractivity contribution in [1.29, 1.82) is 0 Å². The lowest BCUT2D eigenvalue weighted by atomic mass is 10.1. The van der Waals surface area contributed by atoms with Crippen LogP contribution in [-0.2, 0) is 22.6 Å². The van der Waals surface area contributed by atoms with E-state index in [1.54, 1.807) is 11.8 Å². The van der Waals surface area contributed by atoms with Gasteiger partial charge in [0.2, 0.25) is 5.91 Å². The second kappa shape index (κ2) is 11.1. The molecule has 4 rings (SSSR count). The van der Waals surface area contributed by atoms with E-state index in [4.69, 9.17) is 4.74 Å². The number of rotatable bonds is 8. The highest BCUT2D eigenvalue weighted by molar-refractivity contribution is 8.00. The van der Waals surface area contributed by atoms with Crippen molar-refractivity contribution in [3.05, 3.63) is 102 Å². The van der Waals surface area contributed by atoms with E-state index < -0.39 is 0 Å². The topological polar surface area (TPSA) is 41.6 Å². The van der Waals surface area contributed by atoms with Gasteiger partial charge in [0.1, 0.15) is 5.25 Å². The van der Waals surface area contributed by atoms with Crippen molar-refractivity contribution < 1.29 is 9.53 Å². The molecular weight excluding hydrogens is 404 g/mol. The normalized spacial score (nSPS) is 15.4. The van der Waals surface area contributed by atoms with Gasteiger partial charge >= 0.3 is 0 Å². The number of nitrogens with one attached hydrogen (secondary N) is 1. The van der Waals surface area contributed by atoms with E-state index in [-0.39, 0.29) is 11.2 Å². The monoisotopic (exact) mass is 432 g/mol. The van der Waals surface area contributed by atoms with Gasteiger partial charge < -0.3 is 10.1 Å². The number of hydrogen-bond donors (Lipinski definition) is 1. The van der Waals surface area contributed by atoms with Crippen molar-refractivity contribution in [1.82, 2.24) is 10.2 Å². The van der Waals surface area contributed by atoms with E-state index in [2.05, 4.69) is 28.4 Å². The summed E-state index contributed by atoms with van der Waals surface area (Å²) < 4.78 is 5.46. The second-order valence-electron chi connectivity index (χ2n) is 7.60. The number of amides is 1. The Hall–Kier alpha value is -2.60. The van der Waals surface area contributed by atoms with Crippen LogP contribution in [0.25, 0.3) is 0 Å². The fraction of sp³-hybridized carbons (Fsp3) is 0.269. The first-order valence-electron chi connectivity index (χ1n) is 10.7. The van der Waals surface area contributed by atoms with Gasteiger partial charge in [-0.2, -0.15) is 0 Å². The molecule has 0 aromatic heterocycles. The Labute approximate surface area is 188 Å². The van der Waals surface area contributed by atoms with Crippen LogP contribution < -0.4 is 5.32 Å². The molecule has 4 nitrogen and oxygen atoms in total. The minimum atomic E-state index is -0.296. The van der Waals surface area contributed by atoms with Gasteiger partial charge in [-0.1, -0.05) is 72.8 Å². The molecule has 3 aromatic carbocycles. The molecule has 5 heteroatoms. The molecule has 1 amide bonds. The highest BCUT2D eigenvalue weighted by Gasteiger charge is 2.22. The van der Waals surface area contributed by atoms with Gasteiger partial charge in [-0.05, 0) is 28.8 Å². The maximum Gasteiger partial charge on any atom is 0.238 e. The predicted octanol–water partition coefficient (Wildman–Crippen LogP) is 4.67. The van der Waals surface area contributed by atoms with Crippen LogP contribution in [0.4, 0.5) is 0 Å². The first-order chi connectivity index (χ1) is 15.3. The van der Waals surface area contributed by atoms with Gasteiger partial charge in [0, 0.05) is 31.1 Å². The number of ether oxygens (including phenoxy) is 1. The van der Waals surface area contributed by atoms with Crippen LogP contribution in [0.3, 0.4) is 0 Å². The van der Waals surface area contributed by atoms with Crippen molar-refractivity contribution in [2.24, 2.45) is 0 Å². The molecule has 1 atom stereocenters. The Morgan fingerprint density at radius 3 is 2.19 bits per heavy atom. The molecule has 0 radical (unpaired) electrons. The summed E-state index contributed by atoms with van der Waals surface area (Å²) in [6.45, 7) is 4.88. The minimum Gasteiger partial charge on any atom is -0.379 e. The highest BCUT2D eigenvalue weighted by atomic mass is 32.2. The zero-order valence-corrected chi connectivity index (χ0v) is 18.4. The summed E-state index contributed by atoms with van der Waals surface area (Å²) in [5.41, 5.74) is 3.44. The van der Waals surface area contributed by atoms with Gasteiger partial charge in [-0.25, -0.2) is 0 Å². The van der Waals surface area contributed by atoms with E-state index >= 15 is 0 Å². The fourth-order valence-electron chi connectivity index (χ4n) is 3.70. The summed E-state index contributed by atoms with van der Waals surface area (Å²) in [6, 6.07) is 28.5. The number of thioether (sulfide) groups is 1. The molecule has 31 heavy (non-hydrogen) atoms. The summed E-state index contributed by atoms with van der Waals surface area (Å²) in [4.78, 5) is 16.8. The highest BCUT2D eigenvalue weighted by Crippen LogP contribution is 2.35. The number of benzene rings is 3. The molecule has 1 aliphatic heterocycles. The molecule has 1 saturated heterocycles. The molecule has 1 heterocycles. The third-order valence-corrected chi connectivity index (χ3v) is 6.67. The lowest BCUT2D eigenvalue weighted by Gasteiger charge is -2.27. The third kappa shape index (κ3) is 6.20. The average Bonchev–Trinajstić information content (AvgIpc) is 2.84. The van der Waals surface area contributed by atoms with Crippen LogP contribution in [0, 0.1) is 0 Å². The molecule has 0 aliphatic carbocycles. The van der Waals surface area contributed by atoms with Gasteiger partial charge in [0.05, 0.1) is 13.2 Å². The van der Waals surface area contributed by atoms with Crippen LogP contribution in [0.2, 0.25) is 0 Å². The van der Waals surface area contributed by atoms with Gasteiger partial charge in [0.15, 0.2) is 0 Å². The molecule has 1 unspecified atom stereocenters. The zero-order chi connectivity index (χ0) is 21.3. The number of morpholine rings is 1. The smallest absolute Gasteiger partial charge is 0.238 e. The van der Waals surface area contributed by atoms with Crippen molar-refractivity contribution in [3.63, 3.8) is 0 Å². The molecule has 1 N–H and O–H groups in total. The van der Waals surface area contributed by atoms with Crippen LogP contribution in [0.1, 0.15) is 21.9 Å². The number of carbonyl (C=O) groups is 1. The Kier molecular flexibility index (Phi) is 7.77. The molecule has 0 spiro atoms. The fourth-order valence-corrected chi connectivity index (χ4v) is 4.77. The molecule has 1 fully saturated rings. The van der Waals surface area contributed by atoms with E-state index in [9.17, 15) is 4.79 Å². The number of carbonyl (C=O) groups excluding carboxylic acids is 1. The van der Waals surface area contributed by atoms with Gasteiger partial charge in [-0.15, -0.1) is 11.8 Å². The number of nitrogens with zero attached hydrogens (tertiary/aromatic N) is 1. The maximum atomic E-state index is 13.3. The van der Waals surface area contributed by atoms with E-state index in [0.717, 1.165) is 43.3 Å². The van der Waals surface area contributed by atoms with Gasteiger partial charge in [0.25, 0.3) is 0 Å². The average molecular weight is 433 g/mol. The van der Waals surface area contributed by atoms with Crippen LogP contribution in [0.5, 0.6) is 0 Å². The summed E-state index contributed by atoms with van der Waals surface area (Å²) in [5, 5.41) is 2.90. The first kappa shape index (κ1) is 21.6. The van der Waals surface area contributed by atoms with Gasteiger partial charge in [-0.3, -0.25) is 9.69 Å². The van der Waals surface area contributed by atoms with Crippen LogP contribution >= 0.6 is 11.8 Å². The Morgan fingerprint density at radius 1 is 0.871 bits per heavy atom. The number of hydrogen-bond acceptors (Lipinski definition) is 4. The Morgan fingerprint density at radius 2 is 1.48 bits per heavy atom. The van der Waals surface area contributed by atoms with Crippen molar-refractivity contribution in [2.45, 2.75) is 23.2 Å². The summed E-state index contributed by atoms with van der Waals surface area (Å²) >= 11 is 1.58. The molecule has 3 aromatic rings. The zero-order valence-electron chi connectivity index (χ0n) is 17.6. The van der Waals surface area contributed by atoms with E-state index in [1.807, 2.05) is 66.7 Å². The van der Waals surface area contributed by atoms with Crippen molar-refractivity contribution >= 4 is 17.7 Å². The maximum absolute atomic E-state index is 13.3. The summed E-state index contributed by atoms with van der Waals surface area (Å²) in [5.74, 6) is 0.0289. The molecule has 1 aliphatic rings. The van der Waals surface area contributed by atoms with Crippen molar-refractivity contribution in [2.75, 3.05) is 26.3 Å². The standard InChI is InChI=1S/C26H28N2O2S/c29-26(25(21-9-3-1-4-10-21)31-24-13-5-2-6-14-24)27-19-22-11-7-8-12-23(22)20-28-15-17-30-18-16-28/h1-14,25H,15-20H2,(H,27,29).